The topological polar surface area (TPSA) is 46.2 Å². The van der Waals surface area contributed by atoms with E-state index in [9.17, 15) is 8.42 Å². The fraction of sp³-hybridized carbons (Fsp3) is 0.0667. The van der Waals surface area contributed by atoms with Crippen molar-refractivity contribution >= 4 is 64.7 Å². The molecule has 0 unspecified atom stereocenters. The fourth-order valence-electron chi connectivity index (χ4n) is 2.15. The van der Waals surface area contributed by atoms with Gasteiger partial charge in [-0.2, -0.15) is 0 Å². The Kier molecular flexibility index (Phi) is 4.20. The number of fused-ring (bicyclic) bond motifs is 1. The van der Waals surface area contributed by atoms with Gasteiger partial charge in [0.05, 0.1) is 0 Å². The van der Waals surface area contributed by atoms with Gasteiger partial charge < -0.3 is 0 Å². The molecule has 3 nitrogen and oxygen atoms in total. The molecular weight excluding hydrogens is 406 g/mol. The van der Waals surface area contributed by atoms with E-state index in [0.29, 0.717) is 20.5 Å². The summed E-state index contributed by atoms with van der Waals surface area (Å²) in [6, 6.07) is 12.4. The molecule has 0 bridgehead atoms. The van der Waals surface area contributed by atoms with Crippen LogP contribution >= 0.6 is 38.9 Å². The zero-order chi connectivity index (χ0) is 15.9. The maximum Gasteiger partial charge on any atom is 0.271 e. The quantitative estimate of drug-likeness (QED) is 0.619. The van der Waals surface area contributed by atoms with Crippen molar-refractivity contribution in [3.05, 3.63) is 57.5 Å². The molecule has 3 rings (SSSR count). The van der Waals surface area contributed by atoms with Crippen molar-refractivity contribution in [1.29, 1.82) is 0 Å². The number of sulfonamides is 1. The van der Waals surface area contributed by atoms with E-state index in [1.165, 1.54) is 11.3 Å². The summed E-state index contributed by atoms with van der Waals surface area (Å²) in [7, 11) is -3.62. The molecule has 2 aromatic carbocycles. The highest BCUT2D eigenvalue weighted by atomic mass is 79.9. The summed E-state index contributed by atoms with van der Waals surface area (Å²) in [4.78, 5) is 0. The van der Waals surface area contributed by atoms with Crippen molar-refractivity contribution < 1.29 is 8.42 Å². The van der Waals surface area contributed by atoms with Gasteiger partial charge in [-0.25, -0.2) is 8.42 Å². The maximum absolute atomic E-state index is 12.6. The van der Waals surface area contributed by atoms with E-state index in [4.69, 9.17) is 11.6 Å². The number of halogens is 2. The van der Waals surface area contributed by atoms with Gasteiger partial charge >= 0.3 is 0 Å². The molecule has 0 aliphatic rings. The van der Waals surface area contributed by atoms with Crippen LogP contribution in [-0.2, 0) is 10.0 Å². The summed E-state index contributed by atoms with van der Waals surface area (Å²) in [6.07, 6.45) is 0. The number of hydrogen-bond donors (Lipinski definition) is 1. The van der Waals surface area contributed by atoms with Gasteiger partial charge in [-0.1, -0.05) is 27.5 Å². The van der Waals surface area contributed by atoms with E-state index in [1.54, 1.807) is 43.3 Å². The minimum atomic E-state index is -3.62. The summed E-state index contributed by atoms with van der Waals surface area (Å²) in [5, 5.41) is 1.46. The van der Waals surface area contributed by atoms with Crippen molar-refractivity contribution in [2.75, 3.05) is 4.72 Å². The van der Waals surface area contributed by atoms with Crippen LogP contribution < -0.4 is 4.72 Å². The summed E-state index contributed by atoms with van der Waals surface area (Å²) in [5.41, 5.74) is 1.24. The Balaban J connectivity index is 2.05. The summed E-state index contributed by atoms with van der Waals surface area (Å²) in [5.74, 6) is 0. The van der Waals surface area contributed by atoms with Crippen LogP contribution in [0, 0.1) is 6.92 Å². The smallest absolute Gasteiger partial charge is 0.271 e. The molecule has 0 spiro atoms. The lowest BCUT2D eigenvalue weighted by Gasteiger charge is -2.07. The van der Waals surface area contributed by atoms with Crippen molar-refractivity contribution in [3.8, 4) is 0 Å². The first-order valence-corrected chi connectivity index (χ1v) is 9.81. The SMILES string of the molecule is Cc1c(S(=O)(=O)Nc2ccc(Br)cc2)sc2ccc(Cl)cc12. The Morgan fingerprint density at radius 1 is 1.14 bits per heavy atom. The van der Waals surface area contributed by atoms with Gasteiger partial charge in [-0.3, -0.25) is 4.72 Å². The van der Waals surface area contributed by atoms with Crippen molar-refractivity contribution in [3.63, 3.8) is 0 Å². The van der Waals surface area contributed by atoms with E-state index >= 15 is 0 Å². The number of hydrogen-bond acceptors (Lipinski definition) is 3. The highest BCUT2D eigenvalue weighted by Crippen LogP contribution is 2.36. The maximum atomic E-state index is 12.6. The van der Waals surface area contributed by atoms with E-state index in [2.05, 4.69) is 20.7 Å². The Bertz CT molecular complexity index is 950. The molecule has 0 radical (unpaired) electrons. The van der Waals surface area contributed by atoms with E-state index < -0.39 is 10.0 Å². The molecule has 1 aromatic heterocycles. The Hall–Kier alpha value is -1.08. The van der Waals surface area contributed by atoms with Crippen LogP contribution in [0.15, 0.2) is 51.1 Å². The second kappa shape index (κ2) is 5.85. The first kappa shape index (κ1) is 15.8. The van der Waals surface area contributed by atoms with Gasteiger partial charge in [-0.15, -0.1) is 11.3 Å². The Morgan fingerprint density at radius 3 is 2.50 bits per heavy atom. The molecule has 3 aromatic rings. The lowest BCUT2D eigenvalue weighted by atomic mass is 10.2. The first-order chi connectivity index (χ1) is 10.4. The highest BCUT2D eigenvalue weighted by molar-refractivity contribution is 9.10. The molecular formula is C15H11BrClNO2S2. The normalized spacial score (nSPS) is 11.8. The van der Waals surface area contributed by atoms with Gasteiger partial charge in [-0.05, 0) is 60.3 Å². The molecule has 0 atom stereocenters. The van der Waals surface area contributed by atoms with Gasteiger partial charge in [0, 0.05) is 19.9 Å². The number of anilines is 1. The molecule has 0 aliphatic carbocycles. The molecule has 1 heterocycles. The molecule has 7 heteroatoms. The van der Waals surface area contributed by atoms with Gasteiger partial charge in [0.2, 0.25) is 0 Å². The number of aryl methyl sites for hydroxylation is 1. The zero-order valence-electron chi connectivity index (χ0n) is 11.4. The molecule has 22 heavy (non-hydrogen) atoms. The van der Waals surface area contributed by atoms with Crippen LogP contribution in [0.1, 0.15) is 5.56 Å². The first-order valence-electron chi connectivity index (χ1n) is 6.34. The largest absolute Gasteiger partial charge is 0.279 e. The standard InChI is InChI=1S/C15H11BrClNO2S2/c1-9-13-8-11(17)4-7-14(13)21-15(9)22(19,20)18-12-5-2-10(16)3-6-12/h2-8,18H,1H3. The van der Waals surface area contributed by atoms with E-state index in [0.717, 1.165) is 14.6 Å². The van der Waals surface area contributed by atoms with Crippen LogP contribution in [0.2, 0.25) is 5.02 Å². The second-order valence-corrected chi connectivity index (χ2v) is 9.05. The third-order valence-electron chi connectivity index (χ3n) is 3.19. The van der Waals surface area contributed by atoms with Crippen LogP contribution in [0.3, 0.4) is 0 Å². The molecule has 0 aliphatic heterocycles. The van der Waals surface area contributed by atoms with E-state index in [1.807, 2.05) is 6.07 Å². The molecule has 0 amide bonds. The van der Waals surface area contributed by atoms with Crippen LogP contribution in [0.4, 0.5) is 5.69 Å². The number of benzene rings is 2. The van der Waals surface area contributed by atoms with Gasteiger partial charge in [0.1, 0.15) is 4.21 Å². The highest BCUT2D eigenvalue weighted by Gasteiger charge is 2.22. The number of nitrogens with one attached hydrogen (secondary N) is 1. The van der Waals surface area contributed by atoms with Gasteiger partial charge in [0.15, 0.2) is 0 Å². The molecule has 114 valence electrons. The van der Waals surface area contributed by atoms with Crippen LogP contribution in [-0.4, -0.2) is 8.42 Å². The minimum absolute atomic E-state index is 0.313. The molecule has 1 N–H and O–H groups in total. The number of thiophene rings is 1. The van der Waals surface area contributed by atoms with E-state index in [-0.39, 0.29) is 0 Å². The number of rotatable bonds is 3. The average molecular weight is 417 g/mol. The van der Waals surface area contributed by atoms with Crippen molar-refractivity contribution in [2.24, 2.45) is 0 Å². The second-order valence-electron chi connectivity index (χ2n) is 4.77. The Morgan fingerprint density at radius 2 is 1.82 bits per heavy atom. The summed E-state index contributed by atoms with van der Waals surface area (Å²) < 4.78 is 29.9. The predicted molar refractivity (Wildman–Crippen MR) is 96.5 cm³/mol. The van der Waals surface area contributed by atoms with Crippen LogP contribution in [0.25, 0.3) is 10.1 Å². The minimum Gasteiger partial charge on any atom is -0.279 e. The summed E-state index contributed by atoms with van der Waals surface area (Å²) >= 11 is 10.6. The van der Waals surface area contributed by atoms with Crippen LogP contribution in [0.5, 0.6) is 0 Å². The van der Waals surface area contributed by atoms with Gasteiger partial charge in [0.25, 0.3) is 10.0 Å². The fourth-order valence-corrected chi connectivity index (χ4v) is 5.39. The van der Waals surface area contributed by atoms with Crippen molar-refractivity contribution in [2.45, 2.75) is 11.1 Å². The average Bonchev–Trinajstić information content (AvgIpc) is 2.79. The molecule has 0 saturated carbocycles. The third-order valence-corrected chi connectivity index (χ3v) is 7.23. The lowest BCUT2D eigenvalue weighted by molar-refractivity contribution is 0.603. The molecule has 0 fully saturated rings. The zero-order valence-corrected chi connectivity index (χ0v) is 15.4. The summed E-state index contributed by atoms with van der Waals surface area (Å²) in [6.45, 7) is 1.80. The van der Waals surface area contributed by atoms with Crippen molar-refractivity contribution in [1.82, 2.24) is 0 Å². The predicted octanol–water partition coefficient (Wildman–Crippen LogP) is 5.43. The molecule has 0 saturated heterocycles. The lowest BCUT2D eigenvalue weighted by Crippen LogP contribution is -2.12. The third kappa shape index (κ3) is 3.01. The Labute approximate surface area is 146 Å². The monoisotopic (exact) mass is 415 g/mol.